The van der Waals surface area contributed by atoms with Crippen molar-refractivity contribution in [2.75, 3.05) is 13.1 Å². The summed E-state index contributed by atoms with van der Waals surface area (Å²) in [5, 5.41) is 0.756. The maximum Gasteiger partial charge on any atom is 0.263 e. The molecule has 0 aromatic heterocycles. The average Bonchev–Trinajstić information content (AvgIpc) is 2.43. The van der Waals surface area contributed by atoms with Crippen LogP contribution in [0, 0.1) is 19.8 Å². The molecule has 0 radical (unpaired) electrons. The van der Waals surface area contributed by atoms with E-state index in [0.717, 1.165) is 35.7 Å². The van der Waals surface area contributed by atoms with Crippen LogP contribution in [-0.4, -0.2) is 30.0 Å². The molecule has 1 saturated heterocycles. The number of ether oxygens (including phenoxy) is 1. The number of rotatable bonds is 3. The van der Waals surface area contributed by atoms with Gasteiger partial charge in [0.25, 0.3) is 5.91 Å². The molecular formula is C17H24ClNO2. The minimum absolute atomic E-state index is 0.0757. The number of nitrogens with zero attached hydrogens (tertiary/aromatic N) is 1. The zero-order valence-electron chi connectivity index (χ0n) is 13.3. The largest absolute Gasteiger partial charge is 0.481 e. The molecule has 4 heteroatoms. The lowest BCUT2D eigenvalue weighted by atomic mass is 10.00. The Hall–Kier alpha value is -1.22. The fourth-order valence-electron chi connectivity index (χ4n) is 2.88. The molecular weight excluding hydrogens is 286 g/mol. The van der Waals surface area contributed by atoms with Gasteiger partial charge in [-0.05, 0) is 62.8 Å². The highest BCUT2D eigenvalue weighted by atomic mass is 35.5. The van der Waals surface area contributed by atoms with Gasteiger partial charge in [-0.3, -0.25) is 4.79 Å². The quantitative estimate of drug-likeness (QED) is 0.845. The van der Waals surface area contributed by atoms with Crippen LogP contribution in [0.2, 0.25) is 5.02 Å². The molecule has 1 aliphatic rings. The van der Waals surface area contributed by atoms with Crippen LogP contribution in [0.25, 0.3) is 0 Å². The van der Waals surface area contributed by atoms with Gasteiger partial charge in [0.2, 0.25) is 0 Å². The number of likely N-dealkylation sites (tertiary alicyclic amines) is 1. The predicted octanol–water partition coefficient (Wildman–Crippen LogP) is 3.98. The number of aryl methyl sites for hydroxylation is 2. The van der Waals surface area contributed by atoms with E-state index in [1.165, 1.54) is 6.42 Å². The Morgan fingerprint density at radius 2 is 2.00 bits per heavy atom. The van der Waals surface area contributed by atoms with E-state index in [1.807, 2.05) is 37.8 Å². The number of carbonyl (C=O) groups is 1. The molecule has 1 aliphatic heterocycles. The summed E-state index contributed by atoms with van der Waals surface area (Å²) in [6.45, 7) is 9.58. The van der Waals surface area contributed by atoms with E-state index in [9.17, 15) is 4.79 Å². The second-order valence-corrected chi connectivity index (χ2v) is 6.54. The Bertz CT molecular complexity index is 507. The molecule has 116 valence electrons. The number of halogens is 1. The molecule has 0 aliphatic carbocycles. The SMILES string of the molecule is Cc1cc(O[C@H](C)C(=O)N2CCC[C@@H](C)C2)cc(C)c1Cl. The van der Waals surface area contributed by atoms with E-state index in [-0.39, 0.29) is 5.91 Å². The highest BCUT2D eigenvalue weighted by molar-refractivity contribution is 6.32. The molecule has 0 spiro atoms. The number of hydrogen-bond donors (Lipinski definition) is 0. The number of piperidine rings is 1. The molecule has 21 heavy (non-hydrogen) atoms. The zero-order chi connectivity index (χ0) is 15.6. The van der Waals surface area contributed by atoms with Gasteiger partial charge >= 0.3 is 0 Å². The van der Waals surface area contributed by atoms with Gasteiger partial charge in [0.1, 0.15) is 5.75 Å². The van der Waals surface area contributed by atoms with E-state index < -0.39 is 6.10 Å². The molecule has 0 unspecified atom stereocenters. The van der Waals surface area contributed by atoms with E-state index in [0.29, 0.717) is 11.7 Å². The maximum absolute atomic E-state index is 12.5. The fourth-order valence-corrected chi connectivity index (χ4v) is 2.98. The summed E-state index contributed by atoms with van der Waals surface area (Å²) in [5.41, 5.74) is 1.94. The van der Waals surface area contributed by atoms with Crippen molar-refractivity contribution in [3.8, 4) is 5.75 Å². The Balaban J connectivity index is 2.03. The number of carbonyl (C=O) groups excluding carboxylic acids is 1. The summed E-state index contributed by atoms with van der Waals surface area (Å²) in [6, 6.07) is 3.77. The zero-order valence-corrected chi connectivity index (χ0v) is 14.0. The maximum atomic E-state index is 12.5. The van der Waals surface area contributed by atoms with Crippen molar-refractivity contribution in [2.24, 2.45) is 5.92 Å². The first kappa shape index (κ1) is 16.2. The average molecular weight is 310 g/mol. The highest BCUT2D eigenvalue weighted by Gasteiger charge is 2.26. The number of benzene rings is 1. The molecule has 3 nitrogen and oxygen atoms in total. The monoisotopic (exact) mass is 309 g/mol. The Kier molecular flexibility index (Phi) is 5.15. The van der Waals surface area contributed by atoms with E-state index in [2.05, 4.69) is 6.92 Å². The van der Waals surface area contributed by atoms with Crippen LogP contribution in [0.4, 0.5) is 0 Å². The van der Waals surface area contributed by atoms with E-state index in [1.54, 1.807) is 0 Å². The van der Waals surface area contributed by atoms with E-state index in [4.69, 9.17) is 16.3 Å². The normalized spacial score (nSPS) is 20.2. The van der Waals surface area contributed by atoms with Crippen LogP contribution in [-0.2, 0) is 4.79 Å². The molecule has 2 atom stereocenters. The number of amides is 1. The summed E-state index contributed by atoms with van der Waals surface area (Å²) in [4.78, 5) is 14.4. The standard InChI is InChI=1S/C17H24ClNO2/c1-11-6-5-7-19(10-11)17(20)14(4)21-15-8-12(2)16(18)13(3)9-15/h8-9,11,14H,5-7,10H2,1-4H3/t11-,14-/m1/s1. The van der Waals surface area contributed by atoms with E-state index >= 15 is 0 Å². The molecule has 1 heterocycles. The fraction of sp³-hybridized carbons (Fsp3) is 0.588. The molecule has 1 fully saturated rings. The summed E-state index contributed by atoms with van der Waals surface area (Å²) < 4.78 is 5.83. The van der Waals surface area contributed by atoms with Crippen molar-refractivity contribution in [1.82, 2.24) is 4.90 Å². The third-order valence-corrected chi connectivity index (χ3v) is 4.64. The third-order valence-electron chi connectivity index (χ3n) is 4.04. The van der Waals surface area contributed by atoms with Gasteiger partial charge < -0.3 is 9.64 Å². The summed E-state index contributed by atoms with van der Waals surface area (Å²) in [5.74, 6) is 1.36. The minimum atomic E-state index is -0.463. The highest BCUT2D eigenvalue weighted by Crippen LogP contribution is 2.27. The van der Waals surface area contributed by atoms with Gasteiger partial charge in [-0.2, -0.15) is 0 Å². The van der Waals surface area contributed by atoms with Gasteiger partial charge in [-0.15, -0.1) is 0 Å². The Morgan fingerprint density at radius 1 is 1.38 bits per heavy atom. The predicted molar refractivity (Wildman–Crippen MR) is 86.0 cm³/mol. The number of hydrogen-bond acceptors (Lipinski definition) is 2. The van der Waals surface area contributed by atoms with Crippen LogP contribution < -0.4 is 4.74 Å². The van der Waals surface area contributed by atoms with Gasteiger partial charge in [0.15, 0.2) is 6.10 Å². The summed E-state index contributed by atoms with van der Waals surface area (Å²) in [7, 11) is 0. The van der Waals surface area contributed by atoms with Crippen molar-refractivity contribution in [2.45, 2.75) is 46.6 Å². The van der Waals surface area contributed by atoms with Crippen LogP contribution >= 0.6 is 11.6 Å². The van der Waals surface area contributed by atoms with Crippen LogP contribution in [0.1, 0.15) is 37.8 Å². The Labute approximate surface area is 132 Å². The smallest absolute Gasteiger partial charge is 0.263 e. The second-order valence-electron chi connectivity index (χ2n) is 6.16. The minimum Gasteiger partial charge on any atom is -0.481 e. The first-order valence-electron chi connectivity index (χ1n) is 7.60. The second kappa shape index (κ2) is 6.69. The molecule has 2 rings (SSSR count). The van der Waals surface area contributed by atoms with Gasteiger partial charge in [-0.25, -0.2) is 0 Å². The summed E-state index contributed by atoms with van der Waals surface area (Å²) >= 11 is 6.16. The summed E-state index contributed by atoms with van der Waals surface area (Å²) in [6.07, 6.45) is 1.82. The van der Waals surface area contributed by atoms with Crippen LogP contribution in [0.15, 0.2) is 12.1 Å². The topological polar surface area (TPSA) is 29.5 Å². The van der Waals surface area contributed by atoms with Crippen molar-refractivity contribution < 1.29 is 9.53 Å². The van der Waals surface area contributed by atoms with Crippen molar-refractivity contribution >= 4 is 17.5 Å². The van der Waals surface area contributed by atoms with Crippen molar-refractivity contribution in [3.05, 3.63) is 28.3 Å². The molecule has 0 saturated carbocycles. The Morgan fingerprint density at radius 3 is 2.57 bits per heavy atom. The third kappa shape index (κ3) is 3.91. The molecule has 0 N–H and O–H groups in total. The van der Waals surface area contributed by atoms with Crippen molar-refractivity contribution in [1.29, 1.82) is 0 Å². The first-order valence-corrected chi connectivity index (χ1v) is 7.98. The molecule has 1 aromatic carbocycles. The lowest BCUT2D eigenvalue weighted by molar-refractivity contribution is -0.139. The van der Waals surface area contributed by atoms with Crippen molar-refractivity contribution in [3.63, 3.8) is 0 Å². The van der Waals surface area contributed by atoms with Crippen LogP contribution in [0.5, 0.6) is 5.75 Å². The van der Waals surface area contributed by atoms with Crippen LogP contribution in [0.3, 0.4) is 0 Å². The lowest BCUT2D eigenvalue weighted by Gasteiger charge is -2.32. The first-order chi connectivity index (χ1) is 9.88. The van der Waals surface area contributed by atoms with Gasteiger partial charge in [0.05, 0.1) is 0 Å². The molecule has 0 bridgehead atoms. The van der Waals surface area contributed by atoms with Gasteiger partial charge in [-0.1, -0.05) is 18.5 Å². The molecule has 1 aromatic rings. The van der Waals surface area contributed by atoms with Gasteiger partial charge in [0, 0.05) is 18.1 Å². The molecule has 1 amide bonds. The lowest BCUT2D eigenvalue weighted by Crippen LogP contribution is -2.45.